The van der Waals surface area contributed by atoms with Crippen molar-refractivity contribution >= 4 is 5.69 Å². The highest BCUT2D eigenvalue weighted by atomic mass is 14.9. The van der Waals surface area contributed by atoms with Gasteiger partial charge in [0.15, 0.2) is 0 Å². The van der Waals surface area contributed by atoms with Gasteiger partial charge in [0.25, 0.3) is 0 Å². The van der Waals surface area contributed by atoms with Crippen LogP contribution in [0.25, 0.3) is 0 Å². The predicted molar refractivity (Wildman–Crippen MR) is 83.6 cm³/mol. The number of hydrogen-bond donors (Lipinski definition) is 1. The maximum absolute atomic E-state index is 9.15. The summed E-state index contributed by atoms with van der Waals surface area (Å²) in [4.78, 5) is 0. The number of nitrogens with zero attached hydrogens (tertiary/aromatic N) is 1. The van der Waals surface area contributed by atoms with Gasteiger partial charge in [-0.25, -0.2) is 0 Å². The van der Waals surface area contributed by atoms with Gasteiger partial charge in [-0.15, -0.1) is 0 Å². The first-order valence-corrected chi connectivity index (χ1v) is 7.13. The Morgan fingerprint density at radius 1 is 1.05 bits per heavy atom. The fourth-order valence-electron chi connectivity index (χ4n) is 2.30. The zero-order valence-corrected chi connectivity index (χ0v) is 12.1. The van der Waals surface area contributed by atoms with Crippen molar-refractivity contribution in [2.24, 2.45) is 0 Å². The van der Waals surface area contributed by atoms with Gasteiger partial charge >= 0.3 is 0 Å². The molecule has 0 fully saturated rings. The molecule has 1 unspecified atom stereocenters. The Labute approximate surface area is 121 Å². The summed E-state index contributed by atoms with van der Waals surface area (Å²) in [6.45, 7) is 4.31. The van der Waals surface area contributed by atoms with E-state index < -0.39 is 0 Å². The Hall–Kier alpha value is -2.27. The standard InChI is InChI=1S/C18H20N2/c1-3-14-9-11-15(12-10-14)17(4-2)20-18-8-6-5-7-16(18)13-19/h5-12,17,20H,3-4H2,1-2H3. The molecule has 0 spiro atoms. The molecule has 2 heteroatoms. The summed E-state index contributed by atoms with van der Waals surface area (Å²) < 4.78 is 0. The number of hydrogen-bond acceptors (Lipinski definition) is 2. The van der Waals surface area contributed by atoms with Gasteiger partial charge in [0, 0.05) is 0 Å². The second-order valence-corrected chi connectivity index (χ2v) is 4.86. The lowest BCUT2D eigenvalue weighted by molar-refractivity contribution is 0.748. The summed E-state index contributed by atoms with van der Waals surface area (Å²) in [5.74, 6) is 0. The van der Waals surface area contributed by atoms with Crippen LogP contribution in [-0.4, -0.2) is 0 Å². The van der Waals surface area contributed by atoms with Gasteiger partial charge in [-0.1, -0.05) is 50.2 Å². The third kappa shape index (κ3) is 3.19. The molecule has 0 aliphatic carbocycles. The molecule has 2 aromatic rings. The van der Waals surface area contributed by atoms with Crippen LogP contribution in [0.5, 0.6) is 0 Å². The zero-order valence-electron chi connectivity index (χ0n) is 12.1. The van der Waals surface area contributed by atoms with Crippen molar-refractivity contribution in [3.63, 3.8) is 0 Å². The van der Waals surface area contributed by atoms with Gasteiger partial charge in [0.1, 0.15) is 6.07 Å². The molecular weight excluding hydrogens is 244 g/mol. The lowest BCUT2D eigenvalue weighted by Gasteiger charge is -2.20. The first-order chi connectivity index (χ1) is 9.78. The zero-order chi connectivity index (χ0) is 14.4. The van der Waals surface area contributed by atoms with Gasteiger partial charge in [-0.3, -0.25) is 0 Å². The topological polar surface area (TPSA) is 35.8 Å². The molecule has 0 amide bonds. The quantitative estimate of drug-likeness (QED) is 0.850. The van der Waals surface area contributed by atoms with E-state index in [2.05, 4.69) is 49.5 Å². The van der Waals surface area contributed by atoms with E-state index >= 15 is 0 Å². The van der Waals surface area contributed by atoms with E-state index in [0.717, 1.165) is 18.5 Å². The predicted octanol–water partition coefficient (Wildman–Crippen LogP) is 4.68. The third-order valence-electron chi connectivity index (χ3n) is 3.58. The molecule has 2 rings (SSSR count). The van der Waals surface area contributed by atoms with E-state index in [-0.39, 0.29) is 6.04 Å². The molecule has 2 nitrogen and oxygen atoms in total. The molecule has 0 aliphatic rings. The van der Waals surface area contributed by atoms with Crippen LogP contribution in [0.1, 0.15) is 43.0 Å². The average molecular weight is 264 g/mol. The smallest absolute Gasteiger partial charge is 0.101 e. The first kappa shape index (κ1) is 14.1. The lowest BCUT2D eigenvalue weighted by atomic mass is 10.0. The second kappa shape index (κ2) is 6.77. The first-order valence-electron chi connectivity index (χ1n) is 7.13. The minimum absolute atomic E-state index is 0.232. The number of nitriles is 1. The second-order valence-electron chi connectivity index (χ2n) is 4.86. The highest BCUT2D eigenvalue weighted by molar-refractivity contribution is 5.58. The van der Waals surface area contributed by atoms with Gasteiger partial charge in [0.2, 0.25) is 0 Å². The Balaban J connectivity index is 2.22. The number of nitrogens with one attached hydrogen (secondary N) is 1. The van der Waals surface area contributed by atoms with Crippen LogP contribution in [0.3, 0.4) is 0 Å². The number of rotatable bonds is 5. The van der Waals surface area contributed by atoms with Crippen molar-refractivity contribution in [2.45, 2.75) is 32.7 Å². The summed E-state index contributed by atoms with van der Waals surface area (Å²) in [5, 5.41) is 12.6. The van der Waals surface area contributed by atoms with Crippen molar-refractivity contribution in [1.29, 1.82) is 5.26 Å². The van der Waals surface area contributed by atoms with E-state index in [1.807, 2.05) is 24.3 Å². The Bertz CT molecular complexity index is 594. The van der Waals surface area contributed by atoms with E-state index in [4.69, 9.17) is 5.26 Å². The maximum Gasteiger partial charge on any atom is 0.101 e. The molecule has 1 atom stereocenters. The fourth-order valence-corrected chi connectivity index (χ4v) is 2.30. The van der Waals surface area contributed by atoms with Crippen LogP contribution in [-0.2, 0) is 6.42 Å². The number of para-hydroxylation sites is 1. The van der Waals surface area contributed by atoms with Crippen molar-refractivity contribution in [2.75, 3.05) is 5.32 Å². The van der Waals surface area contributed by atoms with Crippen LogP contribution >= 0.6 is 0 Å². The molecule has 0 aliphatic heterocycles. The van der Waals surface area contributed by atoms with Gasteiger partial charge in [-0.05, 0) is 36.1 Å². The van der Waals surface area contributed by atoms with Crippen LogP contribution in [0.4, 0.5) is 5.69 Å². The molecule has 0 saturated heterocycles. The number of aryl methyl sites for hydroxylation is 1. The number of benzene rings is 2. The Morgan fingerprint density at radius 2 is 1.75 bits per heavy atom. The largest absolute Gasteiger partial charge is 0.377 e. The normalized spacial score (nSPS) is 11.7. The molecule has 2 aromatic carbocycles. The molecule has 0 heterocycles. The molecule has 0 bridgehead atoms. The van der Waals surface area contributed by atoms with Crippen molar-refractivity contribution in [1.82, 2.24) is 0 Å². The van der Waals surface area contributed by atoms with Crippen LogP contribution in [0, 0.1) is 11.3 Å². The van der Waals surface area contributed by atoms with E-state index in [1.54, 1.807) is 0 Å². The van der Waals surface area contributed by atoms with Crippen molar-refractivity contribution in [3.05, 3.63) is 65.2 Å². The molecule has 20 heavy (non-hydrogen) atoms. The van der Waals surface area contributed by atoms with Gasteiger partial charge < -0.3 is 5.32 Å². The van der Waals surface area contributed by atoms with E-state index in [0.29, 0.717) is 5.56 Å². The fraction of sp³-hybridized carbons (Fsp3) is 0.278. The van der Waals surface area contributed by atoms with Crippen molar-refractivity contribution in [3.8, 4) is 6.07 Å². The lowest BCUT2D eigenvalue weighted by Crippen LogP contribution is -2.10. The van der Waals surface area contributed by atoms with E-state index in [9.17, 15) is 0 Å². The minimum Gasteiger partial charge on any atom is -0.377 e. The molecule has 1 N–H and O–H groups in total. The third-order valence-corrected chi connectivity index (χ3v) is 3.58. The SMILES string of the molecule is CCc1ccc(C(CC)Nc2ccccc2C#N)cc1. The highest BCUT2D eigenvalue weighted by Crippen LogP contribution is 2.25. The summed E-state index contributed by atoms with van der Waals surface area (Å²) >= 11 is 0. The summed E-state index contributed by atoms with van der Waals surface area (Å²) in [6.07, 6.45) is 2.03. The summed E-state index contributed by atoms with van der Waals surface area (Å²) in [7, 11) is 0. The Kier molecular flexibility index (Phi) is 4.79. The molecule has 0 aromatic heterocycles. The van der Waals surface area contributed by atoms with Crippen molar-refractivity contribution < 1.29 is 0 Å². The molecule has 0 saturated carbocycles. The monoisotopic (exact) mass is 264 g/mol. The van der Waals surface area contributed by atoms with Gasteiger partial charge in [-0.2, -0.15) is 5.26 Å². The summed E-state index contributed by atoms with van der Waals surface area (Å²) in [5.41, 5.74) is 4.20. The van der Waals surface area contributed by atoms with E-state index in [1.165, 1.54) is 11.1 Å². The van der Waals surface area contributed by atoms with Crippen LogP contribution < -0.4 is 5.32 Å². The molecule has 0 radical (unpaired) electrons. The minimum atomic E-state index is 0.232. The maximum atomic E-state index is 9.15. The highest BCUT2D eigenvalue weighted by Gasteiger charge is 2.11. The van der Waals surface area contributed by atoms with Crippen LogP contribution in [0.15, 0.2) is 48.5 Å². The molecular formula is C18H20N2. The Morgan fingerprint density at radius 3 is 2.35 bits per heavy atom. The van der Waals surface area contributed by atoms with Gasteiger partial charge in [0.05, 0.1) is 17.3 Å². The van der Waals surface area contributed by atoms with Crippen LogP contribution in [0.2, 0.25) is 0 Å². The molecule has 102 valence electrons. The number of anilines is 1. The summed E-state index contributed by atoms with van der Waals surface area (Å²) in [6, 6.07) is 18.8. The average Bonchev–Trinajstić information content (AvgIpc) is 2.53.